The monoisotopic (exact) mass is 305 g/mol. The number of hydrogen-bond acceptors (Lipinski definition) is 4. The second-order valence-corrected chi connectivity index (χ2v) is 4.49. The van der Waals surface area contributed by atoms with Gasteiger partial charge in [0.15, 0.2) is 0 Å². The number of hydrogen-bond donors (Lipinski definition) is 2. The fraction of sp³-hybridized carbons (Fsp3) is 0.375. The number of carbonyl (C=O) groups excluding carboxylic acids is 1. The molecule has 0 aliphatic carbocycles. The molecule has 0 radical (unpaired) electrons. The van der Waals surface area contributed by atoms with Gasteiger partial charge >= 0.3 is 0 Å². The highest BCUT2D eigenvalue weighted by molar-refractivity contribution is 5.97. The molecule has 1 aromatic rings. The molecule has 1 rings (SSSR count). The van der Waals surface area contributed by atoms with E-state index in [0.29, 0.717) is 32.7 Å². The third-order valence-corrected chi connectivity index (χ3v) is 2.76. The lowest BCUT2D eigenvalue weighted by Gasteiger charge is -2.05. The molecule has 0 saturated carbocycles. The van der Waals surface area contributed by atoms with Gasteiger partial charge in [-0.15, -0.1) is 0 Å². The van der Waals surface area contributed by atoms with E-state index < -0.39 is 5.91 Å². The number of amides is 1. The Labute approximate surface area is 129 Å². The van der Waals surface area contributed by atoms with Crippen molar-refractivity contribution in [3.63, 3.8) is 0 Å². The van der Waals surface area contributed by atoms with Gasteiger partial charge in [-0.3, -0.25) is 4.79 Å². The van der Waals surface area contributed by atoms with E-state index in [0.717, 1.165) is 5.56 Å². The van der Waals surface area contributed by atoms with Gasteiger partial charge in [0.05, 0.1) is 0 Å². The van der Waals surface area contributed by atoms with E-state index in [1.54, 1.807) is 12.1 Å². The number of benzene rings is 1. The lowest BCUT2D eigenvalue weighted by atomic mass is 10.2. The molecule has 2 N–H and O–H groups in total. The highest BCUT2D eigenvalue weighted by atomic mass is 19.1. The lowest BCUT2D eigenvalue weighted by molar-refractivity contribution is -0.117. The number of nitrogens with one attached hydrogen (secondary N) is 2. The molecule has 5 nitrogen and oxygen atoms in total. The zero-order valence-electron chi connectivity index (χ0n) is 12.6. The summed E-state index contributed by atoms with van der Waals surface area (Å²) in [4.78, 5) is 11.8. The fourth-order valence-electron chi connectivity index (χ4n) is 1.68. The van der Waals surface area contributed by atoms with E-state index in [1.807, 2.05) is 13.0 Å². The van der Waals surface area contributed by atoms with Gasteiger partial charge in [0.2, 0.25) is 0 Å². The van der Waals surface area contributed by atoms with Crippen LogP contribution in [0.3, 0.4) is 0 Å². The first-order valence-corrected chi connectivity index (χ1v) is 7.11. The number of nitrogens with zero attached hydrogens (tertiary/aromatic N) is 1. The van der Waals surface area contributed by atoms with Crippen LogP contribution in [0.2, 0.25) is 0 Å². The molecule has 0 aliphatic heterocycles. The molecule has 1 amide bonds. The minimum Gasteiger partial charge on any atom is -0.386 e. The van der Waals surface area contributed by atoms with Crippen LogP contribution in [0.25, 0.3) is 0 Å². The van der Waals surface area contributed by atoms with Gasteiger partial charge in [-0.2, -0.15) is 5.26 Å². The fourth-order valence-corrected chi connectivity index (χ4v) is 1.68. The molecule has 0 aliphatic rings. The number of nitriles is 1. The van der Waals surface area contributed by atoms with Crippen LogP contribution >= 0.6 is 0 Å². The summed E-state index contributed by atoms with van der Waals surface area (Å²) in [6.07, 6.45) is 2.03. The maximum absolute atomic E-state index is 13.0. The van der Waals surface area contributed by atoms with Crippen LogP contribution < -0.4 is 10.6 Å². The van der Waals surface area contributed by atoms with Crippen molar-refractivity contribution < 1.29 is 13.9 Å². The van der Waals surface area contributed by atoms with Crippen LogP contribution in [0.15, 0.2) is 36.0 Å². The van der Waals surface area contributed by atoms with Crippen LogP contribution in [0, 0.1) is 17.1 Å². The second kappa shape index (κ2) is 10.4. The summed E-state index contributed by atoms with van der Waals surface area (Å²) in [5, 5.41) is 14.5. The zero-order chi connectivity index (χ0) is 16.2. The molecule has 6 heteroatoms. The predicted molar refractivity (Wildman–Crippen MR) is 81.1 cm³/mol. The molecule has 0 unspecified atom stereocenters. The Balaban J connectivity index is 2.39. The van der Waals surface area contributed by atoms with E-state index in [4.69, 9.17) is 10.00 Å². The largest absolute Gasteiger partial charge is 0.386 e. The number of ether oxygens (including phenoxy) is 1. The molecule has 0 fully saturated rings. The number of rotatable bonds is 9. The maximum Gasteiger partial charge on any atom is 0.263 e. The van der Waals surface area contributed by atoms with Crippen molar-refractivity contribution >= 4 is 5.91 Å². The van der Waals surface area contributed by atoms with E-state index >= 15 is 0 Å². The van der Waals surface area contributed by atoms with Gasteiger partial charge in [-0.05, 0) is 31.0 Å². The molecule has 0 atom stereocenters. The van der Waals surface area contributed by atoms with Crippen molar-refractivity contribution in [2.75, 3.05) is 19.8 Å². The third kappa shape index (κ3) is 6.86. The summed E-state index contributed by atoms with van der Waals surface area (Å²) in [5.74, 6) is -0.762. The molecule has 1 aromatic carbocycles. The first-order chi connectivity index (χ1) is 10.7. The molecular weight excluding hydrogens is 285 g/mol. The normalized spacial score (nSPS) is 10.9. The highest BCUT2D eigenvalue weighted by Gasteiger charge is 2.07. The molecule has 0 bridgehead atoms. The van der Waals surface area contributed by atoms with E-state index in [9.17, 15) is 9.18 Å². The Morgan fingerprint density at radius 3 is 3.00 bits per heavy atom. The molecule has 118 valence electrons. The standard InChI is InChI=1S/C16H20FN3O2/c1-2-22-8-4-7-20-16(21)14(10-18)12-19-11-13-5-3-6-15(17)9-13/h3,5-6,9,12,19H,2,4,7-8,11H2,1H3,(H,20,21)/b14-12-. The van der Waals surface area contributed by atoms with Crippen LogP contribution in [-0.2, 0) is 16.1 Å². The van der Waals surface area contributed by atoms with Gasteiger partial charge in [0, 0.05) is 32.5 Å². The van der Waals surface area contributed by atoms with Crippen LogP contribution in [-0.4, -0.2) is 25.7 Å². The van der Waals surface area contributed by atoms with Gasteiger partial charge in [0.1, 0.15) is 17.5 Å². The number of carbonyl (C=O) groups is 1. The Morgan fingerprint density at radius 1 is 1.50 bits per heavy atom. The Morgan fingerprint density at radius 2 is 2.32 bits per heavy atom. The second-order valence-electron chi connectivity index (χ2n) is 4.49. The summed E-state index contributed by atoms with van der Waals surface area (Å²) < 4.78 is 18.2. The molecular formula is C16H20FN3O2. The van der Waals surface area contributed by atoms with Crippen molar-refractivity contribution in [3.05, 3.63) is 47.4 Å². The van der Waals surface area contributed by atoms with Gasteiger partial charge < -0.3 is 15.4 Å². The molecule has 0 saturated heterocycles. The van der Waals surface area contributed by atoms with Gasteiger partial charge in [-0.25, -0.2) is 4.39 Å². The Kier molecular flexibility index (Phi) is 8.31. The summed E-state index contributed by atoms with van der Waals surface area (Å²) in [7, 11) is 0. The van der Waals surface area contributed by atoms with Crippen LogP contribution in [0.4, 0.5) is 4.39 Å². The van der Waals surface area contributed by atoms with Crippen LogP contribution in [0.5, 0.6) is 0 Å². The summed E-state index contributed by atoms with van der Waals surface area (Å²) in [6.45, 7) is 3.89. The minimum absolute atomic E-state index is 0.0205. The third-order valence-electron chi connectivity index (χ3n) is 2.76. The number of halogens is 1. The van der Waals surface area contributed by atoms with Crippen molar-refractivity contribution in [1.29, 1.82) is 5.26 Å². The van der Waals surface area contributed by atoms with E-state index in [2.05, 4.69) is 10.6 Å². The summed E-state index contributed by atoms with van der Waals surface area (Å²) >= 11 is 0. The van der Waals surface area contributed by atoms with E-state index in [-0.39, 0.29) is 11.4 Å². The highest BCUT2D eigenvalue weighted by Crippen LogP contribution is 2.03. The van der Waals surface area contributed by atoms with E-state index in [1.165, 1.54) is 18.3 Å². The average Bonchev–Trinajstić information content (AvgIpc) is 2.51. The minimum atomic E-state index is -0.439. The average molecular weight is 305 g/mol. The molecule has 0 spiro atoms. The van der Waals surface area contributed by atoms with Crippen molar-refractivity contribution in [1.82, 2.24) is 10.6 Å². The Bertz CT molecular complexity index is 553. The predicted octanol–water partition coefficient (Wildman–Crippen LogP) is 1.87. The summed E-state index contributed by atoms with van der Waals surface area (Å²) in [5.41, 5.74) is 0.707. The van der Waals surface area contributed by atoms with Gasteiger partial charge in [0.25, 0.3) is 5.91 Å². The zero-order valence-corrected chi connectivity index (χ0v) is 12.6. The first-order valence-electron chi connectivity index (χ1n) is 7.11. The molecule has 22 heavy (non-hydrogen) atoms. The smallest absolute Gasteiger partial charge is 0.263 e. The van der Waals surface area contributed by atoms with Crippen molar-refractivity contribution in [3.8, 4) is 6.07 Å². The Hall–Kier alpha value is -2.39. The quantitative estimate of drug-likeness (QED) is 0.415. The molecule has 0 heterocycles. The first kappa shape index (κ1) is 17.7. The van der Waals surface area contributed by atoms with Gasteiger partial charge in [-0.1, -0.05) is 12.1 Å². The topological polar surface area (TPSA) is 74.1 Å². The summed E-state index contributed by atoms with van der Waals surface area (Å²) in [6, 6.07) is 7.94. The van der Waals surface area contributed by atoms with Crippen molar-refractivity contribution in [2.45, 2.75) is 19.9 Å². The SMILES string of the molecule is CCOCCCNC(=O)/C(C#N)=C\NCc1cccc(F)c1. The van der Waals surface area contributed by atoms with Crippen LogP contribution in [0.1, 0.15) is 18.9 Å². The molecule has 0 aromatic heterocycles. The lowest BCUT2D eigenvalue weighted by Crippen LogP contribution is -2.27. The van der Waals surface area contributed by atoms with Crippen molar-refractivity contribution in [2.24, 2.45) is 0 Å². The maximum atomic E-state index is 13.0.